The number of hydrogen-bond acceptors (Lipinski definition) is 4. The van der Waals surface area contributed by atoms with E-state index in [1.807, 2.05) is 25.1 Å². The van der Waals surface area contributed by atoms with Gasteiger partial charge in [-0.1, -0.05) is 0 Å². The van der Waals surface area contributed by atoms with Gasteiger partial charge in [0.15, 0.2) is 0 Å². The van der Waals surface area contributed by atoms with E-state index in [-0.39, 0.29) is 0 Å². The first-order chi connectivity index (χ1) is 8.29. The van der Waals surface area contributed by atoms with Crippen LogP contribution >= 0.6 is 0 Å². The highest BCUT2D eigenvalue weighted by Gasteiger charge is 1.99. The average Bonchev–Trinajstić information content (AvgIpc) is 2.82. The SMILES string of the molecule is Cc1cc(NCCc2ncn[nH]2)ccc1C#N. The second-order valence-electron chi connectivity index (χ2n) is 3.75. The van der Waals surface area contributed by atoms with Crippen molar-refractivity contribution < 1.29 is 0 Å². The van der Waals surface area contributed by atoms with Crippen molar-refractivity contribution in [1.82, 2.24) is 15.2 Å². The highest BCUT2D eigenvalue weighted by molar-refractivity contribution is 5.51. The summed E-state index contributed by atoms with van der Waals surface area (Å²) in [6.45, 7) is 2.71. The Balaban J connectivity index is 1.91. The van der Waals surface area contributed by atoms with Crippen molar-refractivity contribution in [1.29, 1.82) is 5.26 Å². The Morgan fingerprint density at radius 3 is 3.00 bits per heavy atom. The molecule has 0 aliphatic carbocycles. The minimum absolute atomic E-state index is 0.714. The van der Waals surface area contributed by atoms with E-state index in [1.165, 1.54) is 6.33 Å². The zero-order valence-electron chi connectivity index (χ0n) is 9.57. The van der Waals surface area contributed by atoms with E-state index < -0.39 is 0 Å². The summed E-state index contributed by atoms with van der Waals surface area (Å²) in [5.41, 5.74) is 2.71. The topological polar surface area (TPSA) is 77.4 Å². The predicted octanol–water partition coefficient (Wildman–Crippen LogP) is 1.64. The van der Waals surface area contributed by atoms with Gasteiger partial charge in [0.1, 0.15) is 12.2 Å². The van der Waals surface area contributed by atoms with Crippen molar-refractivity contribution in [3.8, 4) is 6.07 Å². The van der Waals surface area contributed by atoms with Crippen LogP contribution in [0.5, 0.6) is 0 Å². The van der Waals surface area contributed by atoms with Crippen molar-refractivity contribution in [3.05, 3.63) is 41.5 Å². The fourth-order valence-electron chi connectivity index (χ4n) is 1.58. The van der Waals surface area contributed by atoms with Crippen LogP contribution in [0.3, 0.4) is 0 Å². The van der Waals surface area contributed by atoms with Gasteiger partial charge in [-0.3, -0.25) is 5.10 Å². The molecule has 0 bridgehead atoms. The Kier molecular flexibility index (Phi) is 3.36. The number of nitrogens with one attached hydrogen (secondary N) is 2. The molecule has 86 valence electrons. The summed E-state index contributed by atoms with van der Waals surface area (Å²) < 4.78 is 0. The minimum Gasteiger partial charge on any atom is -0.385 e. The zero-order chi connectivity index (χ0) is 12.1. The fraction of sp³-hybridized carbons (Fsp3) is 0.250. The molecule has 0 aliphatic heterocycles. The maximum Gasteiger partial charge on any atom is 0.137 e. The van der Waals surface area contributed by atoms with E-state index in [1.54, 1.807) is 0 Å². The Hall–Kier alpha value is -2.35. The van der Waals surface area contributed by atoms with Crippen LogP contribution in [0.1, 0.15) is 17.0 Å². The van der Waals surface area contributed by atoms with Crippen LogP contribution in [-0.4, -0.2) is 21.7 Å². The molecule has 5 nitrogen and oxygen atoms in total. The molecule has 1 heterocycles. The lowest BCUT2D eigenvalue weighted by atomic mass is 10.1. The van der Waals surface area contributed by atoms with Gasteiger partial charge in [0.2, 0.25) is 0 Å². The summed E-state index contributed by atoms with van der Waals surface area (Å²) in [4.78, 5) is 4.04. The lowest BCUT2D eigenvalue weighted by Crippen LogP contribution is -2.06. The molecule has 1 aromatic heterocycles. The van der Waals surface area contributed by atoms with Crippen LogP contribution in [0, 0.1) is 18.3 Å². The third-order valence-electron chi connectivity index (χ3n) is 2.50. The molecule has 1 aromatic carbocycles. The highest BCUT2D eigenvalue weighted by Crippen LogP contribution is 2.14. The van der Waals surface area contributed by atoms with Gasteiger partial charge in [-0.25, -0.2) is 4.98 Å². The number of anilines is 1. The summed E-state index contributed by atoms with van der Waals surface area (Å²) in [7, 11) is 0. The number of benzene rings is 1. The maximum atomic E-state index is 8.82. The zero-order valence-corrected chi connectivity index (χ0v) is 9.57. The Bertz CT molecular complexity index is 524. The number of H-pyrrole nitrogens is 1. The fourth-order valence-corrected chi connectivity index (χ4v) is 1.58. The number of aromatic amines is 1. The predicted molar refractivity (Wildman–Crippen MR) is 64.5 cm³/mol. The monoisotopic (exact) mass is 227 g/mol. The van der Waals surface area contributed by atoms with Crippen molar-refractivity contribution >= 4 is 5.69 Å². The lowest BCUT2D eigenvalue weighted by Gasteiger charge is -2.06. The number of rotatable bonds is 4. The standard InChI is InChI=1S/C12H13N5/c1-9-6-11(3-2-10(9)7-13)14-5-4-12-15-8-16-17-12/h2-3,6,8,14H,4-5H2,1H3,(H,15,16,17). The first-order valence-corrected chi connectivity index (χ1v) is 5.38. The molecule has 0 aliphatic rings. The van der Waals surface area contributed by atoms with Crippen molar-refractivity contribution in [2.24, 2.45) is 0 Å². The van der Waals surface area contributed by atoms with Crippen LogP contribution < -0.4 is 5.32 Å². The van der Waals surface area contributed by atoms with Crippen LogP contribution in [0.4, 0.5) is 5.69 Å². The van der Waals surface area contributed by atoms with Crippen molar-refractivity contribution in [2.75, 3.05) is 11.9 Å². The molecule has 2 aromatic rings. The van der Waals surface area contributed by atoms with E-state index in [4.69, 9.17) is 5.26 Å². The summed E-state index contributed by atoms with van der Waals surface area (Å²) in [6.07, 6.45) is 2.29. The molecular weight excluding hydrogens is 214 g/mol. The molecule has 0 amide bonds. The molecule has 0 spiro atoms. The number of nitriles is 1. The first kappa shape index (κ1) is 11.1. The van der Waals surface area contributed by atoms with E-state index in [9.17, 15) is 0 Å². The molecule has 17 heavy (non-hydrogen) atoms. The number of aryl methyl sites for hydroxylation is 1. The summed E-state index contributed by atoms with van der Waals surface area (Å²) in [5, 5.41) is 18.7. The van der Waals surface area contributed by atoms with Crippen molar-refractivity contribution in [2.45, 2.75) is 13.3 Å². The number of nitrogens with zero attached hydrogens (tertiary/aromatic N) is 3. The third kappa shape index (κ3) is 2.82. The van der Waals surface area contributed by atoms with Gasteiger partial charge in [-0.05, 0) is 30.7 Å². The van der Waals surface area contributed by atoms with E-state index in [0.717, 1.165) is 30.0 Å². The van der Waals surface area contributed by atoms with Gasteiger partial charge >= 0.3 is 0 Å². The minimum atomic E-state index is 0.714. The number of aromatic nitrogens is 3. The lowest BCUT2D eigenvalue weighted by molar-refractivity contribution is 0.901. The molecule has 2 N–H and O–H groups in total. The average molecular weight is 227 g/mol. The second-order valence-corrected chi connectivity index (χ2v) is 3.75. The Morgan fingerprint density at radius 2 is 2.35 bits per heavy atom. The van der Waals surface area contributed by atoms with E-state index in [2.05, 4.69) is 26.6 Å². The molecule has 0 atom stereocenters. The quantitative estimate of drug-likeness (QED) is 0.832. The summed E-state index contributed by atoms with van der Waals surface area (Å²) in [6, 6.07) is 7.86. The Morgan fingerprint density at radius 1 is 1.47 bits per heavy atom. The molecule has 0 fully saturated rings. The van der Waals surface area contributed by atoms with Gasteiger partial charge in [-0.15, -0.1) is 0 Å². The van der Waals surface area contributed by atoms with Gasteiger partial charge in [0.25, 0.3) is 0 Å². The van der Waals surface area contributed by atoms with E-state index >= 15 is 0 Å². The normalized spacial score (nSPS) is 9.88. The smallest absolute Gasteiger partial charge is 0.137 e. The summed E-state index contributed by atoms with van der Waals surface area (Å²) >= 11 is 0. The first-order valence-electron chi connectivity index (χ1n) is 5.38. The van der Waals surface area contributed by atoms with Crippen LogP contribution in [0.25, 0.3) is 0 Å². The number of hydrogen-bond donors (Lipinski definition) is 2. The molecular formula is C12H13N5. The van der Waals surface area contributed by atoms with Crippen LogP contribution in [-0.2, 0) is 6.42 Å². The van der Waals surface area contributed by atoms with Crippen molar-refractivity contribution in [3.63, 3.8) is 0 Å². The highest BCUT2D eigenvalue weighted by atomic mass is 15.2. The third-order valence-corrected chi connectivity index (χ3v) is 2.50. The molecule has 0 radical (unpaired) electrons. The van der Waals surface area contributed by atoms with E-state index in [0.29, 0.717) is 5.56 Å². The van der Waals surface area contributed by atoms with Gasteiger partial charge in [0.05, 0.1) is 11.6 Å². The molecule has 2 rings (SSSR count). The van der Waals surface area contributed by atoms with Gasteiger partial charge < -0.3 is 5.32 Å². The van der Waals surface area contributed by atoms with Gasteiger partial charge in [-0.2, -0.15) is 10.4 Å². The van der Waals surface area contributed by atoms with Crippen LogP contribution in [0.2, 0.25) is 0 Å². The summed E-state index contributed by atoms with van der Waals surface area (Å²) in [5.74, 6) is 0.864. The Labute approximate surface area is 99.5 Å². The second kappa shape index (κ2) is 5.12. The molecule has 0 saturated carbocycles. The van der Waals surface area contributed by atoms with Crippen LogP contribution in [0.15, 0.2) is 24.5 Å². The van der Waals surface area contributed by atoms with Gasteiger partial charge in [0, 0.05) is 18.7 Å². The molecule has 5 heteroatoms. The molecule has 0 saturated heterocycles. The largest absolute Gasteiger partial charge is 0.385 e. The molecule has 0 unspecified atom stereocenters. The maximum absolute atomic E-state index is 8.82.